The van der Waals surface area contributed by atoms with Gasteiger partial charge in [0.15, 0.2) is 0 Å². The van der Waals surface area contributed by atoms with Crippen molar-refractivity contribution in [3.8, 4) is 0 Å². The zero-order valence-electron chi connectivity index (χ0n) is 15.1. The van der Waals surface area contributed by atoms with Crippen LogP contribution in [0, 0.1) is 11.7 Å². The molecule has 2 heterocycles. The summed E-state index contributed by atoms with van der Waals surface area (Å²) < 4.78 is 13.0. The van der Waals surface area contributed by atoms with Crippen molar-refractivity contribution >= 4 is 0 Å². The van der Waals surface area contributed by atoms with Crippen LogP contribution in [0.15, 0.2) is 48.5 Å². The fourth-order valence-electron chi connectivity index (χ4n) is 4.26. The SMILES string of the molecule is OC1c2ccccc2CN1CC1CCN(CCc2ccc(F)cc2)CC1. The zero-order valence-corrected chi connectivity index (χ0v) is 15.1. The first-order valence-electron chi connectivity index (χ1n) is 9.66. The van der Waals surface area contributed by atoms with Crippen LogP contribution in [0.4, 0.5) is 4.39 Å². The molecule has 1 N–H and O–H groups in total. The molecule has 0 aromatic heterocycles. The molecule has 1 unspecified atom stereocenters. The lowest BCUT2D eigenvalue weighted by Crippen LogP contribution is -2.39. The normalized spacial score (nSPS) is 21.8. The Labute approximate surface area is 155 Å². The van der Waals surface area contributed by atoms with E-state index in [1.54, 1.807) is 12.1 Å². The van der Waals surface area contributed by atoms with E-state index >= 15 is 0 Å². The minimum Gasteiger partial charge on any atom is -0.374 e. The van der Waals surface area contributed by atoms with Crippen LogP contribution in [0.25, 0.3) is 0 Å². The number of halogens is 1. The molecule has 0 radical (unpaired) electrons. The third-order valence-electron chi connectivity index (χ3n) is 5.88. The summed E-state index contributed by atoms with van der Waals surface area (Å²) in [7, 11) is 0. The highest BCUT2D eigenvalue weighted by atomic mass is 19.1. The molecule has 2 aliphatic rings. The first-order chi connectivity index (χ1) is 12.7. The first kappa shape index (κ1) is 17.7. The van der Waals surface area contributed by atoms with Gasteiger partial charge in [-0.2, -0.15) is 0 Å². The van der Waals surface area contributed by atoms with Gasteiger partial charge in [0.2, 0.25) is 0 Å². The second-order valence-electron chi connectivity index (χ2n) is 7.66. The highest BCUT2D eigenvalue weighted by Crippen LogP contribution is 2.33. The van der Waals surface area contributed by atoms with Crippen LogP contribution < -0.4 is 0 Å². The van der Waals surface area contributed by atoms with E-state index in [1.807, 2.05) is 24.3 Å². The average molecular weight is 354 g/mol. The van der Waals surface area contributed by atoms with Crippen LogP contribution in [-0.4, -0.2) is 41.1 Å². The van der Waals surface area contributed by atoms with E-state index in [4.69, 9.17) is 0 Å². The van der Waals surface area contributed by atoms with Crippen molar-refractivity contribution in [3.05, 3.63) is 71.0 Å². The number of piperidine rings is 1. The first-order valence-corrected chi connectivity index (χ1v) is 9.66. The van der Waals surface area contributed by atoms with Gasteiger partial charge < -0.3 is 10.0 Å². The third kappa shape index (κ3) is 3.98. The summed E-state index contributed by atoms with van der Waals surface area (Å²) >= 11 is 0. The van der Waals surface area contributed by atoms with E-state index in [9.17, 15) is 9.50 Å². The molecular formula is C22H27FN2O. The third-order valence-corrected chi connectivity index (χ3v) is 5.88. The molecule has 1 fully saturated rings. The number of benzene rings is 2. The van der Waals surface area contributed by atoms with Gasteiger partial charge in [-0.1, -0.05) is 36.4 Å². The predicted octanol–water partition coefficient (Wildman–Crippen LogP) is 3.59. The Morgan fingerprint density at radius 3 is 2.46 bits per heavy atom. The van der Waals surface area contributed by atoms with Crippen molar-refractivity contribution < 1.29 is 9.50 Å². The molecule has 4 rings (SSSR count). The average Bonchev–Trinajstić information content (AvgIpc) is 2.98. The Morgan fingerprint density at radius 1 is 1.00 bits per heavy atom. The second kappa shape index (κ2) is 7.87. The molecule has 1 atom stereocenters. The molecule has 4 heteroatoms. The van der Waals surface area contributed by atoms with Gasteiger partial charge in [-0.05, 0) is 67.1 Å². The number of aliphatic hydroxyl groups excluding tert-OH is 1. The van der Waals surface area contributed by atoms with Gasteiger partial charge in [-0.3, -0.25) is 4.90 Å². The van der Waals surface area contributed by atoms with E-state index in [0.717, 1.165) is 44.7 Å². The molecule has 3 nitrogen and oxygen atoms in total. The molecule has 0 bridgehead atoms. The van der Waals surface area contributed by atoms with E-state index in [-0.39, 0.29) is 5.82 Å². The highest BCUT2D eigenvalue weighted by Gasteiger charge is 2.30. The minimum absolute atomic E-state index is 0.166. The monoisotopic (exact) mass is 354 g/mol. The molecule has 26 heavy (non-hydrogen) atoms. The Bertz CT molecular complexity index is 725. The van der Waals surface area contributed by atoms with Crippen molar-refractivity contribution in [2.24, 2.45) is 5.92 Å². The number of aliphatic hydroxyl groups is 1. The topological polar surface area (TPSA) is 26.7 Å². The molecule has 0 saturated carbocycles. The Kier molecular flexibility index (Phi) is 5.34. The summed E-state index contributed by atoms with van der Waals surface area (Å²) in [5.74, 6) is 0.488. The van der Waals surface area contributed by atoms with Gasteiger partial charge in [0.1, 0.15) is 12.0 Å². The Balaban J connectivity index is 1.22. The molecule has 1 saturated heterocycles. The fourth-order valence-corrected chi connectivity index (χ4v) is 4.26. The summed E-state index contributed by atoms with van der Waals surface area (Å²) in [5, 5.41) is 10.5. The number of rotatable bonds is 5. The standard InChI is InChI=1S/C22H27FN2O/c23-20-7-5-17(6-8-20)9-12-24-13-10-18(11-14-24)15-25-16-19-3-1-2-4-21(19)22(25)26/h1-8,18,22,26H,9-16H2. The van der Waals surface area contributed by atoms with Gasteiger partial charge in [0.05, 0.1) is 0 Å². The lowest BCUT2D eigenvalue weighted by atomic mass is 9.96. The molecule has 0 aliphatic carbocycles. The molecule has 138 valence electrons. The van der Waals surface area contributed by atoms with Gasteiger partial charge in [-0.25, -0.2) is 4.39 Å². The van der Waals surface area contributed by atoms with Crippen molar-refractivity contribution in [1.82, 2.24) is 9.80 Å². The van der Waals surface area contributed by atoms with Crippen LogP contribution in [0.2, 0.25) is 0 Å². The maximum Gasteiger partial charge on any atom is 0.134 e. The number of hydrogen-bond donors (Lipinski definition) is 1. The van der Waals surface area contributed by atoms with Crippen LogP contribution >= 0.6 is 0 Å². The largest absolute Gasteiger partial charge is 0.374 e. The van der Waals surface area contributed by atoms with E-state index < -0.39 is 6.23 Å². The van der Waals surface area contributed by atoms with Crippen molar-refractivity contribution in [2.45, 2.75) is 32.0 Å². The lowest BCUT2D eigenvalue weighted by Gasteiger charge is -2.34. The number of hydrogen-bond acceptors (Lipinski definition) is 3. The summed E-state index contributed by atoms with van der Waals surface area (Å²) in [4.78, 5) is 4.72. The van der Waals surface area contributed by atoms with Gasteiger partial charge in [-0.15, -0.1) is 0 Å². The number of fused-ring (bicyclic) bond motifs is 1. The molecule has 2 aromatic rings. The van der Waals surface area contributed by atoms with Crippen molar-refractivity contribution in [3.63, 3.8) is 0 Å². The van der Waals surface area contributed by atoms with Crippen LogP contribution in [0.3, 0.4) is 0 Å². The molecule has 2 aliphatic heterocycles. The van der Waals surface area contributed by atoms with Gasteiger partial charge in [0.25, 0.3) is 0 Å². The summed E-state index contributed by atoms with van der Waals surface area (Å²) in [5.41, 5.74) is 3.53. The quantitative estimate of drug-likeness (QED) is 0.889. The van der Waals surface area contributed by atoms with E-state index in [2.05, 4.69) is 21.9 Å². The van der Waals surface area contributed by atoms with Gasteiger partial charge in [0, 0.05) is 19.6 Å². The molecular weight excluding hydrogens is 327 g/mol. The number of likely N-dealkylation sites (tertiary alicyclic amines) is 1. The number of nitrogens with zero attached hydrogens (tertiary/aromatic N) is 2. The maximum absolute atomic E-state index is 13.0. The Hall–Kier alpha value is -1.75. The second-order valence-corrected chi connectivity index (χ2v) is 7.66. The highest BCUT2D eigenvalue weighted by molar-refractivity contribution is 5.32. The summed E-state index contributed by atoms with van der Waals surface area (Å²) in [6, 6.07) is 15.1. The lowest BCUT2D eigenvalue weighted by molar-refractivity contribution is -0.00370. The molecule has 0 spiro atoms. The smallest absolute Gasteiger partial charge is 0.134 e. The summed E-state index contributed by atoms with van der Waals surface area (Å²) in [6.45, 7) is 5.10. The van der Waals surface area contributed by atoms with Gasteiger partial charge >= 0.3 is 0 Å². The van der Waals surface area contributed by atoms with Crippen molar-refractivity contribution in [2.75, 3.05) is 26.2 Å². The van der Waals surface area contributed by atoms with Crippen LogP contribution in [-0.2, 0) is 13.0 Å². The zero-order chi connectivity index (χ0) is 17.9. The van der Waals surface area contributed by atoms with Crippen LogP contribution in [0.1, 0.15) is 35.8 Å². The maximum atomic E-state index is 13.0. The Morgan fingerprint density at radius 2 is 1.73 bits per heavy atom. The predicted molar refractivity (Wildman–Crippen MR) is 101 cm³/mol. The van der Waals surface area contributed by atoms with Crippen LogP contribution in [0.5, 0.6) is 0 Å². The van der Waals surface area contributed by atoms with E-state index in [1.165, 1.54) is 24.0 Å². The summed E-state index contributed by atoms with van der Waals surface area (Å²) in [6.07, 6.45) is 2.90. The molecule has 2 aromatic carbocycles. The van der Waals surface area contributed by atoms with Crippen molar-refractivity contribution in [1.29, 1.82) is 0 Å². The molecule has 0 amide bonds. The van der Waals surface area contributed by atoms with E-state index in [0.29, 0.717) is 5.92 Å². The fraction of sp³-hybridized carbons (Fsp3) is 0.455. The minimum atomic E-state index is -0.442.